The van der Waals surface area contributed by atoms with E-state index in [1.54, 1.807) is 24.4 Å². The van der Waals surface area contributed by atoms with Crippen LogP contribution in [0.15, 0.2) is 52.4 Å². The molecule has 0 aliphatic rings. The monoisotopic (exact) mass is 270 g/mol. The van der Waals surface area contributed by atoms with Crippen molar-refractivity contribution in [2.75, 3.05) is 0 Å². The summed E-state index contributed by atoms with van der Waals surface area (Å²) in [6.45, 7) is 0. The van der Waals surface area contributed by atoms with Crippen molar-refractivity contribution in [1.82, 2.24) is 4.98 Å². The molecule has 1 N–H and O–H groups in total. The maximum Gasteiger partial charge on any atom is 0.307 e. The first-order valence-electron chi connectivity index (χ1n) is 5.52. The lowest BCUT2D eigenvalue weighted by Gasteiger charge is -2.03. The topological polar surface area (TPSA) is 74.0 Å². The molecule has 0 fully saturated rings. The number of carboxylic acids is 1. The molecule has 2 aromatic rings. The second-order valence-electron chi connectivity index (χ2n) is 3.81. The number of aliphatic carboxylic acids is 1. The Morgan fingerprint density at radius 1 is 1.26 bits per heavy atom. The van der Waals surface area contributed by atoms with Crippen molar-refractivity contribution in [3.63, 3.8) is 0 Å². The van der Waals surface area contributed by atoms with Gasteiger partial charge < -0.3 is 5.11 Å². The number of nitriles is 1. The number of pyridine rings is 1. The van der Waals surface area contributed by atoms with Crippen LogP contribution in [0.25, 0.3) is 0 Å². The normalized spacial score (nSPS) is 9.84. The molecular formula is C14H10N2O2S. The molecule has 2 rings (SSSR count). The number of nitrogens with zero attached hydrogens (tertiary/aromatic N) is 2. The second kappa shape index (κ2) is 6.03. The summed E-state index contributed by atoms with van der Waals surface area (Å²) >= 11 is 1.51. The van der Waals surface area contributed by atoms with Crippen LogP contribution in [0.3, 0.4) is 0 Å². The van der Waals surface area contributed by atoms with E-state index in [9.17, 15) is 4.79 Å². The lowest BCUT2D eigenvalue weighted by atomic mass is 10.2. The molecule has 1 heterocycles. The van der Waals surface area contributed by atoms with Crippen molar-refractivity contribution in [2.24, 2.45) is 0 Å². The fourth-order valence-electron chi connectivity index (χ4n) is 1.52. The summed E-state index contributed by atoms with van der Waals surface area (Å²) in [5.74, 6) is -0.840. The highest BCUT2D eigenvalue weighted by Gasteiger charge is 2.02. The van der Waals surface area contributed by atoms with Gasteiger partial charge >= 0.3 is 5.97 Å². The van der Waals surface area contributed by atoms with E-state index in [1.165, 1.54) is 11.8 Å². The molecule has 5 heteroatoms. The van der Waals surface area contributed by atoms with Crippen LogP contribution in [0.2, 0.25) is 0 Å². The van der Waals surface area contributed by atoms with Crippen LogP contribution in [0, 0.1) is 11.3 Å². The highest BCUT2D eigenvalue weighted by Crippen LogP contribution is 2.27. The van der Waals surface area contributed by atoms with Gasteiger partial charge in [-0.05, 0) is 29.8 Å². The zero-order chi connectivity index (χ0) is 13.7. The maximum absolute atomic E-state index is 10.6. The van der Waals surface area contributed by atoms with Crippen molar-refractivity contribution in [1.29, 1.82) is 5.26 Å². The minimum atomic E-state index is -0.840. The van der Waals surface area contributed by atoms with E-state index in [2.05, 4.69) is 4.98 Å². The van der Waals surface area contributed by atoms with Crippen molar-refractivity contribution in [3.05, 3.63) is 53.9 Å². The third kappa shape index (κ3) is 3.83. The van der Waals surface area contributed by atoms with Crippen LogP contribution in [-0.2, 0) is 11.2 Å². The fourth-order valence-corrected chi connectivity index (χ4v) is 2.37. The van der Waals surface area contributed by atoms with Crippen LogP contribution >= 0.6 is 11.8 Å². The molecule has 94 valence electrons. The predicted octanol–water partition coefficient (Wildman–Crippen LogP) is 2.73. The number of benzene rings is 1. The zero-order valence-electron chi connectivity index (χ0n) is 9.91. The quantitative estimate of drug-likeness (QED) is 0.924. The highest BCUT2D eigenvalue weighted by atomic mass is 32.2. The van der Waals surface area contributed by atoms with Crippen molar-refractivity contribution in [2.45, 2.75) is 16.2 Å². The largest absolute Gasteiger partial charge is 0.481 e. The Morgan fingerprint density at radius 3 is 2.63 bits per heavy atom. The van der Waals surface area contributed by atoms with Gasteiger partial charge in [0.05, 0.1) is 6.42 Å². The van der Waals surface area contributed by atoms with E-state index >= 15 is 0 Å². The molecule has 0 aliphatic carbocycles. The highest BCUT2D eigenvalue weighted by molar-refractivity contribution is 7.99. The third-order valence-corrected chi connectivity index (χ3v) is 3.36. The minimum Gasteiger partial charge on any atom is -0.481 e. The Morgan fingerprint density at radius 2 is 2.00 bits per heavy atom. The Balaban J connectivity index is 2.11. The van der Waals surface area contributed by atoms with Gasteiger partial charge in [0.15, 0.2) is 0 Å². The van der Waals surface area contributed by atoms with Crippen molar-refractivity contribution >= 4 is 17.7 Å². The van der Waals surface area contributed by atoms with Gasteiger partial charge in [-0.1, -0.05) is 23.9 Å². The van der Waals surface area contributed by atoms with Crippen LogP contribution < -0.4 is 0 Å². The minimum absolute atomic E-state index is 0.0266. The van der Waals surface area contributed by atoms with E-state index in [4.69, 9.17) is 10.4 Å². The van der Waals surface area contributed by atoms with Crippen LogP contribution in [-0.4, -0.2) is 16.1 Å². The van der Waals surface area contributed by atoms with Gasteiger partial charge in [0.25, 0.3) is 0 Å². The SMILES string of the molecule is N#Cc1cc(Sc2ccc(CC(=O)O)cc2)ccn1. The molecule has 0 radical (unpaired) electrons. The summed E-state index contributed by atoms with van der Waals surface area (Å²) in [7, 11) is 0. The third-order valence-electron chi connectivity index (χ3n) is 2.36. The molecule has 0 amide bonds. The van der Waals surface area contributed by atoms with Crippen molar-refractivity contribution in [3.8, 4) is 6.07 Å². The van der Waals surface area contributed by atoms with Gasteiger partial charge in [-0.2, -0.15) is 5.26 Å². The second-order valence-corrected chi connectivity index (χ2v) is 4.95. The van der Waals surface area contributed by atoms with Gasteiger partial charge in [0.2, 0.25) is 0 Å². The summed E-state index contributed by atoms with van der Waals surface area (Å²) < 4.78 is 0. The first-order valence-corrected chi connectivity index (χ1v) is 6.34. The fraction of sp³-hybridized carbons (Fsp3) is 0.0714. The molecule has 4 nitrogen and oxygen atoms in total. The molecular weight excluding hydrogens is 260 g/mol. The Labute approximate surface area is 114 Å². The summed E-state index contributed by atoms with van der Waals surface area (Å²) in [6.07, 6.45) is 1.62. The molecule has 0 unspecified atom stereocenters. The summed E-state index contributed by atoms with van der Waals surface area (Å²) in [5, 5.41) is 17.5. The number of hydrogen-bond acceptors (Lipinski definition) is 4. The molecule has 0 atom stereocenters. The summed E-state index contributed by atoms with van der Waals surface area (Å²) in [5.41, 5.74) is 1.15. The van der Waals surface area contributed by atoms with E-state index < -0.39 is 5.97 Å². The summed E-state index contributed by atoms with van der Waals surface area (Å²) in [6, 6.07) is 12.9. The lowest BCUT2D eigenvalue weighted by molar-refractivity contribution is -0.136. The van der Waals surface area contributed by atoms with Gasteiger partial charge in [0, 0.05) is 16.0 Å². The van der Waals surface area contributed by atoms with E-state index in [-0.39, 0.29) is 6.42 Å². The molecule has 0 saturated heterocycles. The first kappa shape index (κ1) is 13.1. The van der Waals surface area contributed by atoms with Gasteiger partial charge in [-0.3, -0.25) is 4.79 Å². The van der Waals surface area contributed by atoms with E-state index in [0.717, 1.165) is 15.4 Å². The standard InChI is InChI=1S/C14H10N2O2S/c15-9-11-8-13(5-6-16-11)19-12-3-1-10(2-4-12)7-14(17)18/h1-6,8H,7H2,(H,17,18). The van der Waals surface area contributed by atoms with Crippen molar-refractivity contribution < 1.29 is 9.90 Å². The van der Waals surface area contributed by atoms with Gasteiger partial charge in [-0.25, -0.2) is 4.98 Å². The van der Waals surface area contributed by atoms with Crippen LogP contribution in [0.4, 0.5) is 0 Å². The first-order chi connectivity index (χ1) is 9.17. The summed E-state index contributed by atoms with van der Waals surface area (Å²) in [4.78, 5) is 16.4. The molecule has 19 heavy (non-hydrogen) atoms. The average Bonchev–Trinajstić information content (AvgIpc) is 2.41. The number of rotatable bonds is 4. The molecule has 1 aromatic carbocycles. The zero-order valence-corrected chi connectivity index (χ0v) is 10.7. The number of carbonyl (C=O) groups is 1. The van der Waals surface area contributed by atoms with E-state index in [1.807, 2.05) is 24.3 Å². The molecule has 0 bridgehead atoms. The lowest BCUT2D eigenvalue weighted by Crippen LogP contribution is -1.99. The number of hydrogen-bond donors (Lipinski definition) is 1. The Bertz CT molecular complexity index is 633. The van der Waals surface area contributed by atoms with Gasteiger partial charge in [0.1, 0.15) is 11.8 Å². The smallest absolute Gasteiger partial charge is 0.307 e. The molecule has 0 aliphatic heterocycles. The molecule has 0 spiro atoms. The van der Waals surface area contributed by atoms with Crippen LogP contribution in [0.1, 0.15) is 11.3 Å². The molecule has 0 saturated carbocycles. The Kier molecular flexibility index (Phi) is 4.16. The van der Waals surface area contributed by atoms with Gasteiger partial charge in [-0.15, -0.1) is 0 Å². The number of aromatic nitrogens is 1. The maximum atomic E-state index is 10.6. The van der Waals surface area contributed by atoms with Crippen LogP contribution in [0.5, 0.6) is 0 Å². The molecule has 1 aromatic heterocycles. The Hall–Kier alpha value is -2.32. The predicted molar refractivity (Wildman–Crippen MR) is 70.9 cm³/mol. The average molecular weight is 270 g/mol. The number of carboxylic acid groups (broad SMARTS) is 1. The van der Waals surface area contributed by atoms with E-state index in [0.29, 0.717) is 5.69 Å².